The van der Waals surface area contributed by atoms with Crippen molar-refractivity contribution in [2.75, 3.05) is 6.54 Å². The summed E-state index contributed by atoms with van der Waals surface area (Å²) in [5.74, 6) is -0.0430. The quantitative estimate of drug-likeness (QED) is 0.721. The molecule has 1 atom stereocenters. The van der Waals surface area contributed by atoms with Gasteiger partial charge in [0.25, 0.3) is 5.56 Å². The molecule has 0 spiro atoms. The molecule has 3 aromatic rings. The smallest absolute Gasteiger partial charge is 0.261 e. The van der Waals surface area contributed by atoms with E-state index in [1.807, 2.05) is 24.0 Å². The number of rotatable bonds is 2. The monoisotopic (exact) mass is 339 g/mol. The maximum Gasteiger partial charge on any atom is 0.261 e. The van der Waals surface area contributed by atoms with Crippen molar-refractivity contribution in [2.45, 2.75) is 25.9 Å². The highest BCUT2D eigenvalue weighted by atomic mass is 32.1. The Bertz CT molecular complexity index is 976. The van der Waals surface area contributed by atoms with Crippen LogP contribution in [0.3, 0.4) is 0 Å². The van der Waals surface area contributed by atoms with E-state index in [4.69, 9.17) is 0 Å². The summed E-state index contributed by atoms with van der Waals surface area (Å²) in [6.07, 6.45) is 2.35. The topological polar surface area (TPSA) is 55.2 Å². The molecule has 0 saturated heterocycles. The molecular formula is C18H17N3O2S. The van der Waals surface area contributed by atoms with Crippen LogP contribution in [0.5, 0.6) is 0 Å². The van der Waals surface area contributed by atoms with Crippen molar-refractivity contribution in [3.63, 3.8) is 0 Å². The number of aromatic nitrogens is 2. The van der Waals surface area contributed by atoms with Crippen LogP contribution in [0.25, 0.3) is 10.9 Å². The van der Waals surface area contributed by atoms with Crippen molar-refractivity contribution in [2.24, 2.45) is 0 Å². The summed E-state index contributed by atoms with van der Waals surface area (Å²) in [4.78, 5) is 32.8. The van der Waals surface area contributed by atoms with Crippen LogP contribution < -0.4 is 5.56 Å². The molecule has 0 aliphatic carbocycles. The minimum atomic E-state index is -0.171. The Morgan fingerprint density at radius 2 is 2.17 bits per heavy atom. The molecule has 4 rings (SSSR count). The third-order valence-electron chi connectivity index (χ3n) is 4.63. The molecular weight excluding hydrogens is 322 g/mol. The molecule has 1 unspecified atom stereocenters. The van der Waals surface area contributed by atoms with Gasteiger partial charge in [0.15, 0.2) is 0 Å². The predicted molar refractivity (Wildman–Crippen MR) is 94.2 cm³/mol. The van der Waals surface area contributed by atoms with Gasteiger partial charge in [-0.1, -0.05) is 12.1 Å². The van der Waals surface area contributed by atoms with Crippen molar-refractivity contribution in [1.82, 2.24) is 14.5 Å². The molecule has 5 nitrogen and oxygen atoms in total. The highest BCUT2D eigenvalue weighted by Gasteiger charge is 2.28. The lowest BCUT2D eigenvalue weighted by molar-refractivity contribution is -0.134. The number of hydrogen-bond donors (Lipinski definition) is 0. The molecule has 0 bridgehead atoms. The summed E-state index contributed by atoms with van der Waals surface area (Å²) in [5.41, 5.74) is 1.71. The number of thiophene rings is 1. The third-order valence-corrected chi connectivity index (χ3v) is 5.63. The standard InChI is InChI=1S/C18H17N3O2S/c1-12-13-7-9-24-16(13)6-8-21(12)17(22)10-20-11-19-15-5-3-2-4-14(15)18(20)23/h2-5,7,9,11-12H,6,8,10H2,1H3. The van der Waals surface area contributed by atoms with E-state index in [9.17, 15) is 9.59 Å². The number of hydrogen-bond acceptors (Lipinski definition) is 4. The summed E-state index contributed by atoms with van der Waals surface area (Å²) in [6.45, 7) is 2.77. The van der Waals surface area contributed by atoms with Crippen LogP contribution >= 0.6 is 11.3 Å². The molecule has 6 heteroatoms. The Labute approximate surface area is 143 Å². The summed E-state index contributed by atoms with van der Waals surface area (Å²) >= 11 is 1.75. The number of carbonyl (C=O) groups excluding carboxylic acids is 1. The van der Waals surface area contributed by atoms with Gasteiger partial charge < -0.3 is 4.90 Å². The van der Waals surface area contributed by atoms with E-state index in [0.717, 1.165) is 6.42 Å². The number of fused-ring (bicyclic) bond motifs is 2. The first-order chi connectivity index (χ1) is 11.6. The van der Waals surface area contributed by atoms with Crippen LogP contribution in [0.2, 0.25) is 0 Å². The van der Waals surface area contributed by atoms with Crippen LogP contribution in [0.1, 0.15) is 23.4 Å². The molecule has 0 fully saturated rings. The highest BCUT2D eigenvalue weighted by molar-refractivity contribution is 7.10. The average Bonchev–Trinajstić information content (AvgIpc) is 3.07. The number of para-hydroxylation sites is 1. The highest BCUT2D eigenvalue weighted by Crippen LogP contribution is 2.32. The van der Waals surface area contributed by atoms with Gasteiger partial charge >= 0.3 is 0 Å². The number of amides is 1. The van der Waals surface area contributed by atoms with Crippen LogP contribution in [0.4, 0.5) is 0 Å². The van der Waals surface area contributed by atoms with Crippen molar-refractivity contribution in [3.8, 4) is 0 Å². The second-order valence-electron chi connectivity index (χ2n) is 6.01. The van der Waals surface area contributed by atoms with Crippen LogP contribution in [0, 0.1) is 0 Å². The second kappa shape index (κ2) is 5.87. The first-order valence-corrected chi connectivity index (χ1v) is 8.83. The minimum absolute atomic E-state index is 0.0283. The second-order valence-corrected chi connectivity index (χ2v) is 7.01. The molecule has 24 heavy (non-hydrogen) atoms. The molecule has 3 heterocycles. The summed E-state index contributed by atoms with van der Waals surface area (Å²) in [7, 11) is 0. The van der Waals surface area contributed by atoms with E-state index >= 15 is 0 Å². The average molecular weight is 339 g/mol. The van der Waals surface area contributed by atoms with Gasteiger partial charge in [-0.05, 0) is 42.5 Å². The number of nitrogens with zero attached hydrogens (tertiary/aromatic N) is 3. The Hall–Kier alpha value is -2.47. The minimum Gasteiger partial charge on any atom is -0.334 e. The number of carbonyl (C=O) groups is 1. The Morgan fingerprint density at radius 1 is 1.33 bits per heavy atom. The maximum absolute atomic E-state index is 12.7. The largest absolute Gasteiger partial charge is 0.334 e. The lowest BCUT2D eigenvalue weighted by Gasteiger charge is -2.33. The van der Waals surface area contributed by atoms with E-state index in [1.54, 1.807) is 23.5 Å². The maximum atomic E-state index is 12.7. The van der Waals surface area contributed by atoms with Crippen LogP contribution in [0.15, 0.2) is 46.8 Å². The first kappa shape index (κ1) is 15.1. The number of benzene rings is 1. The first-order valence-electron chi connectivity index (χ1n) is 7.95. The van der Waals surface area contributed by atoms with Crippen molar-refractivity contribution >= 4 is 28.1 Å². The molecule has 2 aromatic heterocycles. The third kappa shape index (κ3) is 2.43. The van der Waals surface area contributed by atoms with Gasteiger partial charge in [-0.2, -0.15) is 0 Å². The van der Waals surface area contributed by atoms with E-state index < -0.39 is 0 Å². The SMILES string of the molecule is CC1c2ccsc2CCN1C(=O)Cn1cnc2ccccc2c1=O. The molecule has 122 valence electrons. The van der Waals surface area contributed by atoms with Gasteiger partial charge in [0.05, 0.1) is 23.3 Å². The van der Waals surface area contributed by atoms with Crippen molar-refractivity contribution in [3.05, 3.63) is 62.8 Å². The van der Waals surface area contributed by atoms with E-state index in [0.29, 0.717) is 17.4 Å². The fraction of sp³-hybridized carbons (Fsp3) is 0.278. The zero-order chi connectivity index (χ0) is 16.7. The Balaban J connectivity index is 1.61. The normalized spacial score (nSPS) is 17.0. The van der Waals surface area contributed by atoms with Gasteiger partial charge in [0.2, 0.25) is 5.91 Å². The van der Waals surface area contributed by atoms with Gasteiger partial charge in [0.1, 0.15) is 6.54 Å². The van der Waals surface area contributed by atoms with Gasteiger partial charge in [-0.15, -0.1) is 11.3 Å². The van der Waals surface area contributed by atoms with E-state index in [1.165, 1.54) is 21.3 Å². The summed E-state index contributed by atoms with van der Waals surface area (Å²) in [6, 6.07) is 9.34. The Kier molecular flexibility index (Phi) is 3.69. The summed E-state index contributed by atoms with van der Waals surface area (Å²) < 4.78 is 1.40. The molecule has 0 radical (unpaired) electrons. The molecule has 1 aliphatic heterocycles. The van der Waals surface area contributed by atoms with E-state index in [2.05, 4.69) is 16.4 Å². The fourth-order valence-electron chi connectivity index (χ4n) is 3.31. The molecule has 0 N–H and O–H groups in total. The lowest BCUT2D eigenvalue weighted by Crippen LogP contribution is -2.41. The van der Waals surface area contributed by atoms with Crippen LogP contribution in [-0.4, -0.2) is 26.9 Å². The van der Waals surface area contributed by atoms with E-state index in [-0.39, 0.29) is 24.1 Å². The van der Waals surface area contributed by atoms with Crippen molar-refractivity contribution in [1.29, 1.82) is 0 Å². The zero-order valence-corrected chi connectivity index (χ0v) is 14.1. The lowest BCUT2D eigenvalue weighted by atomic mass is 10.0. The van der Waals surface area contributed by atoms with Gasteiger partial charge in [-0.25, -0.2) is 4.98 Å². The molecule has 0 saturated carbocycles. The van der Waals surface area contributed by atoms with Gasteiger partial charge in [-0.3, -0.25) is 14.2 Å². The fourth-order valence-corrected chi connectivity index (χ4v) is 4.27. The van der Waals surface area contributed by atoms with Gasteiger partial charge in [0, 0.05) is 11.4 Å². The molecule has 1 aromatic carbocycles. The van der Waals surface area contributed by atoms with Crippen molar-refractivity contribution < 1.29 is 4.79 Å². The molecule has 1 aliphatic rings. The zero-order valence-electron chi connectivity index (χ0n) is 13.3. The molecule has 1 amide bonds. The predicted octanol–water partition coefficient (Wildman–Crippen LogP) is 2.60. The van der Waals surface area contributed by atoms with Crippen LogP contribution in [-0.2, 0) is 17.8 Å². The summed E-state index contributed by atoms with van der Waals surface area (Å²) in [5, 5.41) is 2.62. The Morgan fingerprint density at radius 3 is 3.04 bits per heavy atom.